The summed E-state index contributed by atoms with van der Waals surface area (Å²) in [4.78, 5) is 28.5. The molecular formula is C21H29N3O4S. The fourth-order valence-electron chi connectivity index (χ4n) is 4.18. The summed E-state index contributed by atoms with van der Waals surface area (Å²) in [7, 11) is -3.68. The molecule has 0 aromatic heterocycles. The average molecular weight is 420 g/mol. The molecule has 1 N–H and O–H groups in total. The molecule has 2 heterocycles. The van der Waals surface area contributed by atoms with Crippen LogP contribution < -0.4 is 9.62 Å². The number of nitrogens with one attached hydrogen (secondary N) is 1. The van der Waals surface area contributed by atoms with Crippen LogP contribution >= 0.6 is 0 Å². The van der Waals surface area contributed by atoms with Gasteiger partial charge in [0.25, 0.3) is 0 Å². The van der Waals surface area contributed by atoms with Gasteiger partial charge in [-0.1, -0.05) is 12.8 Å². The van der Waals surface area contributed by atoms with Crippen LogP contribution in [0.25, 0.3) is 0 Å². The molecule has 8 heteroatoms. The minimum atomic E-state index is -3.68. The van der Waals surface area contributed by atoms with Crippen molar-refractivity contribution in [2.45, 2.75) is 56.3 Å². The van der Waals surface area contributed by atoms with E-state index in [0.29, 0.717) is 13.0 Å². The molecule has 3 aliphatic rings. The Morgan fingerprint density at radius 2 is 1.76 bits per heavy atom. The largest absolute Gasteiger partial charge is 0.343 e. The Kier molecular flexibility index (Phi) is 5.92. The molecule has 1 aromatic carbocycles. The third-order valence-corrected chi connectivity index (χ3v) is 7.50. The number of rotatable bonds is 6. The zero-order valence-electron chi connectivity index (χ0n) is 16.7. The summed E-state index contributed by atoms with van der Waals surface area (Å²) < 4.78 is 27.9. The molecule has 7 nitrogen and oxygen atoms in total. The molecule has 29 heavy (non-hydrogen) atoms. The predicted octanol–water partition coefficient (Wildman–Crippen LogP) is 2.06. The molecule has 2 fully saturated rings. The first-order valence-corrected chi connectivity index (χ1v) is 12.2. The maximum absolute atomic E-state index is 12.7. The maximum Gasteiger partial charge on any atom is 0.240 e. The van der Waals surface area contributed by atoms with E-state index < -0.39 is 10.0 Å². The first-order chi connectivity index (χ1) is 14.0. The van der Waals surface area contributed by atoms with Crippen LogP contribution in [0, 0.1) is 5.92 Å². The summed E-state index contributed by atoms with van der Waals surface area (Å²) in [5.74, 6) is 0.315. The standard InChI is InChI=1S/C21H29N3O4S/c25-20(23-12-3-1-2-4-13-23)9-11-22-29(27,28)18-7-8-19-17(15-18)10-14-24(19)21(26)16-5-6-16/h7-8,15-16,22H,1-6,9-14H2. The lowest BCUT2D eigenvalue weighted by atomic mass is 10.2. The average Bonchev–Trinajstić information content (AvgIpc) is 3.50. The fourth-order valence-corrected chi connectivity index (χ4v) is 5.26. The highest BCUT2D eigenvalue weighted by atomic mass is 32.2. The number of carbonyl (C=O) groups is 2. The van der Waals surface area contributed by atoms with E-state index in [1.165, 1.54) is 0 Å². The van der Waals surface area contributed by atoms with E-state index in [2.05, 4.69) is 4.72 Å². The van der Waals surface area contributed by atoms with Crippen LogP contribution in [0.15, 0.2) is 23.1 Å². The molecule has 1 saturated carbocycles. The van der Waals surface area contributed by atoms with Crippen LogP contribution in [-0.2, 0) is 26.0 Å². The number of benzene rings is 1. The van der Waals surface area contributed by atoms with Gasteiger partial charge in [-0.15, -0.1) is 0 Å². The number of nitrogens with zero attached hydrogens (tertiary/aromatic N) is 2. The second-order valence-corrected chi connectivity index (χ2v) is 10.0. The Bertz CT molecular complexity index is 887. The van der Waals surface area contributed by atoms with Gasteiger partial charge in [-0.25, -0.2) is 13.1 Å². The molecule has 1 aliphatic carbocycles. The highest BCUT2D eigenvalue weighted by Gasteiger charge is 2.36. The Morgan fingerprint density at radius 1 is 1.03 bits per heavy atom. The summed E-state index contributed by atoms with van der Waals surface area (Å²) >= 11 is 0. The van der Waals surface area contributed by atoms with E-state index in [-0.39, 0.29) is 35.6 Å². The van der Waals surface area contributed by atoms with Crippen molar-refractivity contribution in [2.24, 2.45) is 5.92 Å². The minimum absolute atomic E-state index is 0.0118. The van der Waals surface area contributed by atoms with Crippen molar-refractivity contribution in [1.82, 2.24) is 9.62 Å². The van der Waals surface area contributed by atoms with Crippen LogP contribution in [0.4, 0.5) is 5.69 Å². The lowest BCUT2D eigenvalue weighted by Gasteiger charge is -2.20. The fraction of sp³-hybridized carbons (Fsp3) is 0.619. The predicted molar refractivity (Wildman–Crippen MR) is 110 cm³/mol. The third-order valence-electron chi connectivity index (χ3n) is 6.04. The number of fused-ring (bicyclic) bond motifs is 1. The van der Waals surface area contributed by atoms with E-state index in [9.17, 15) is 18.0 Å². The molecule has 0 radical (unpaired) electrons. The highest BCUT2D eigenvalue weighted by molar-refractivity contribution is 7.89. The van der Waals surface area contributed by atoms with E-state index in [4.69, 9.17) is 0 Å². The number of anilines is 1. The van der Waals surface area contributed by atoms with Crippen LogP contribution in [0.2, 0.25) is 0 Å². The number of hydrogen-bond donors (Lipinski definition) is 1. The van der Waals surface area contributed by atoms with Gasteiger partial charge in [0.15, 0.2) is 0 Å². The zero-order valence-corrected chi connectivity index (χ0v) is 17.5. The van der Waals surface area contributed by atoms with Crippen molar-refractivity contribution in [3.63, 3.8) is 0 Å². The summed E-state index contributed by atoms with van der Waals surface area (Å²) in [6, 6.07) is 4.95. The van der Waals surface area contributed by atoms with E-state index in [1.807, 2.05) is 4.90 Å². The number of sulfonamides is 1. The quantitative estimate of drug-likeness (QED) is 0.765. The van der Waals surface area contributed by atoms with Crippen molar-refractivity contribution >= 4 is 27.5 Å². The molecule has 2 amide bonds. The van der Waals surface area contributed by atoms with Gasteiger partial charge in [0.05, 0.1) is 4.90 Å². The Balaban J connectivity index is 1.35. The van der Waals surface area contributed by atoms with Crippen LogP contribution in [0.1, 0.15) is 50.5 Å². The van der Waals surface area contributed by atoms with Gasteiger partial charge in [-0.3, -0.25) is 9.59 Å². The maximum atomic E-state index is 12.7. The second-order valence-electron chi connectivity index (χ2n) is 8.25. The summed E-state index contributed by atoms with van der Waals surface area (Å²) in [6.45, 7) is 2.26. The molecule has 4 rings (SSSR count). The van der Waals surface area contributed by atoms with Gasteiger partial charge < -0.3 is 9.80 Å². The molecule has 0 bridgehead atoms. The number of hydrogen-bond acceptors (Lipinski definition) is 4. The Morgan fingerprint density at radius 3 is 2.45 bits per heavy atom. The van der Waals surface area contributed by atoms with Crippen molar-refractivity contribution in [2.75, 3.05) is 31.1 Å². The van der Waals surface area contributed by atoms with Crippen molar-refractivity contribution in [3.8, 4) is 0 Å². The van der Waals surface area contributed by atoms with Gasteiger partial charge in [0.2, 0.25) is 21.8 Å². The molecule has 0 spiro atoms. The van der Waals surface area contributed by atoms with E-state index >= 15 is 0 Å². The van der Waals surface area contributed by atoms with Gasteiger partial charge in [-0.2, -0.15) is 0 Å². The topological polar surface area (TPSA) is 86.8 Å². The van der Waals surface area contributed by atoms with E-state index in [0.717, 1.165) is 62.9 Å². The summed E-state index contributed by atoms with van der Waals surface area (Å²) in [5.41, 5.74) is 1.72. The van der Waals surface area contributed by atoms with Gasteiger partial charge in [0.1, 0.15) is 0 Å². The van der Waals surface area contributed by atoms with Crippen molar-refractivity contribution in [3.05, 3.63) is 23.8 Å². The second kappa shape index (κ2) is 8.44. The first kappa shape index (κ1) is 20.3. The lowest BCUT2D eigenvalue weighted by molar-refractivity contribution is -0.131. The molecule has 158 valence electrons. The highest BCUT2D eigenvalue weighted by Crippen LogP contribution is 2.37. The van der Waals surface area contributed by atoms with E-state index in [1.54, 1.807) is 23.1 Å². The number of amides is 2. The van der Waals surface area contributed by atoms with Crippen molar-refractivity contribution < 1.29 is 18.0 Å². The zero-order chi connectivity index (χ0) is 20.4. The van der Waals surface area contributed by atoms with Crippen molar-refractivity contribution in [1.29, 1.82) is 0 Å². The number of likely N-dealkylation sites (tertiary alicyclic amines) is 1. The smallest absolute Gasteiger partial charge is 0.240 e. The molecule has 1 saturated heterocycles. The lowest BCUT2D eigenvalue weighted by Crippen LogP contribution is -2.35. The van der Waals surface area contributed by atoms with Gasteiger partial charge in [-0.05, 0) is 55.9 Å². The van der Waals surface area contributed by atoms with Crippen LogP contribution in [0.3, 0.4) is 0 Å². The molecule has 2 aliphatic heterocycles. The molecule has 0 atom stereocenters. The molecule has 0 unspecified atom stereocenters. The summed E-state index contributed by atoms with van der Waals surface area (Å²) in [5, 5.41) is 0. The molecular weight excluding hydrogens is 390 g/mol. The Hall–Kier alpha value is -1.93. The first-order valence-electron chi connectivity index (χ1n) is 10.7. The summed E-state index contributed by atoms with van der Waals surface area (Å²) in [6.07, 6.45) is 7.10. The van der Waals surface area contributed by atoms with Crippen LogP contribution in [0.5, 0.6) is 0 Å². The minimum Gasteiger partial charge on any atom is -0.343 e. The third kappa shape index (κ3) is 4.64. The Labute approximate surface area is 172 Å². The van der Waals surface area contributed by atoms with Crippen LogP contribution in [-0.4, -0.2) is 51.3 Å². The number of carbonyl (C=O) groups excluding carboxylic acids is 2. The monoisotopic (exact) mass is 419 g/mol. The molecule has 1 aromatic rings. The SMILES string of the molecule is O=C(CCNS(=O)(=O)c1ccc2c(c1)CCN2C(=O)C1CC1)N1CCCCCC1. The normalized spacial score (nSPS) is 19.7. The van der Waals surface area contributed by atoms with Gasteiger partial charge in [0, 0.05) is 44.2 Å². The van der Waals surface area contributed by atoms with Gasteiger partial charge >= 0.3 is 0 Å².